The molecule has 1 atom stereocenters. The van der Waals surface area contributed by atoms with E-state index in [1.165, 1.54) is 0 Å². The van der Waals surface area contributed by atoms with Gasteiger partial charge in [-0.25, -0.2) is 8.51 Å². The zero-order valence-electron chi connectivity index (χ0n) is 17.1. The highest BCUT2D eigenvalue weighted by molar-refractivity contribution is 7.82. The van der Waals surface area contributed by atoms with Crippen molar-refractivity contribution in [3.8, 4) is 6.07 Å². The number of benzene rings is 2. The zero-order valence-corrected chi connectivity index (χ0v) is 17.9. The van der Waals surface area contributed by atoms with E-state index in [-0.39, 0.29) is 6.42 Å². The number of carboxylic acids is 1. The Kier molecular flexibility index (Phi) is 8.37. The fourth-order valence-electron chi connectivity index (χ4n) is 3.12. The minimum absolute atomic E-state index is 0.0725. The van der Waals surface area contributed by atoms with Gasteiger partial charge >= 0.3 is 5.97 Å². The molecule has 1 N–H and O–H groups in total. The number of piperazine rings is 1. The van der Waals surface area contributed by atoms with E-state index in [0.29, 0.717) is 29.1 Å². The molecule has 2 aromatic carbocycles. The van der Waals surface area contributed by atoms with Crippen molar-refractivity contribution in [3.63, 3.8) is 0 Å². The molecule has 1 fully saturated rings. The molecular formula is C22H27N3O3S. The highest BCUT2D eigenvalue weighted by atomic mass is 32.2. The molecule has 0 amide bonds. The summed E-state index contributed by atoms with van der Waals surface area (Å²) in [7, 11) is -1.31. The van der Waals surface area contributed by atoms with Crippen LogP contribution in [0.2, 0.25) is 0 Å². The predicted molar refractivity (Wildman–Crippen MR) is 115 cm³/mol. The molecular weight excluding hydrogens is 386 g/mol. The molecule has 0 spiro atoms. The van der Waals surface area contributed by atoms with E-state index in [1.54, 1.807) is 24.3 Å². The number of carboxylic acid groups (broad SMARTS) is 1. The number of hydrogen-bond donors (Lipinski definition) is 1. The maximum absolute atomic E-state index is 13.0. The molecule has 3 rings (SSSR count). The van der Waals surface area contributed by atoms with Crippen LogP contribution in [0.4, 0.5) is 5.69 Å². The highest BCUT2D eigenvalue weighted by Gasteiger charge is 2.23. The van der Waals surface area contributed by atoms with Gasteiger partial charge in [0.25, 0.3) is 0 Å². The van der Waals surface area contributed by atoms with Crippen molar-refractivity contribution in [2.24, 2.45) is 0 Å². The average Bonchev–Trinajstić information content (AvgIpc) is 2.76. The van der Waals surface area contributed by atoms with E-state index in [1.807, 2.05) is 43.3 Å². The summed E-state index contributed by atoms with van der Waals surface area (Å²) in [6.07, 6.45) is -0.0725. The summed E-state index contributed by atoms with van der Waals surface area (Å²) >= 11 is 0. The molecule has 1 aliphatic rings. The number of aryl methyl sites for hydroxylation is 1. The standard InChI is InChI=1S/C20H21N3O3S.C2H6/c1-15-2-3-17(13-20(24)25)12-19(15)27(26)23-10-8-22(9-11-23)18-6-4-16(14-21)5-7-18;1-2/h2-7,12H,8-11,13H2,1H3,(H,24,25);1-2H3. The molecule has 154 valence electrons. The van der Waals surface area contributed by atoms with E-state index < -0.39 is 17.0 Å². The quantitative estimate of drug-likeness (QED) is 0.812. The molecule has 1 unspecified atom stereocenters. The van der Waals surface area contributed by atoms with Crippen molar-refractivity contribution >= 4 is 22.6 Å². The lowest BCUT2D eigenvalue weighted by Gasteiger charge is -2.35. The summed E-state index contributed by atoms with van der Waals surface area (Å²) < 4.78 is 14.9. The van der Waals surface area contributed by atoms with Crippen molar-refractivity contribution in [1.82, 2.24) is 4.31 Å². The monoisotopic (exact) mass is 413 g/mol. The normalized spacial score (nSPS) is 15.0. The number of rotatable bonds is 5. The first-order chi connectivity index (χ1) is 14.0. The summed E-state index contributed by atoms with van der Waals surface area (Å²) in [6, 6.07) is 14.9. The van der Waals surface area contributed by atoms with Gasteiger partial charge in [-0.1, -0.05) is 26.0 Å². The van der Waals surface area contributed by atoms with Gasteiger partial charge in [-0.3, -0.25) is 4.79 Å². The molecule has 0 radical (unpaired) electrons. The summed E-state index contributed by atoms with van der Waals surface area (Å²) in [6.45, 7) is 8.67. The van der Waals surface area contributed by atoms with Crippen LogP contribution in [-0.2, 0) is 22.2 Å². The third kappa shape index (κ3) is 5.89. The van der Waals surface area contributed by atoms with Crippen molar-refractivity contribution < 1.29 is 14.1 Å². The molecule has 1 heterocycles. The number of hydrogen-bond acceptors (Lipinski definition) is 4. The van der Waals surface area contributed by atoms with Gasteiger partial charge in [0.2, 0.25) is 0 Å². The number of carbonyl (C=O) groups is 1. The third-order valence-corrected chi connectivity index (χ3v) is 6.28. The minimum atomic E-state index is -1.31. The lowest BCUT2D eigenvalue weighted by Crippen LogP contribution is -2.47. The fourth-order valence-corrected chi connectivity index (χ4v) is 4.48. The molecule has 29 heavy (non-hydrogen) atoms. The van der Waals surface area contributed by atoms with Crippen LogP contribution in [-0.4, -0.2) is 45.8 Å². The van der Waals surface area contributed by atoms with E-state index in [0.717, 1.165) is 24.3 Å². The number of nitrogens with zero attached hydrogens (tertiary/aromatic N) is 3. The van der Waals surface area contributed by atoms with Gasteiger partial charge in [-0.05, 0) is 48.4 Å². The fraction of sp³-hybridized carbons (Fsp3) is 0.364. The zero-order chi connectivity index (χ0) is 21.4. The Bertz CT molecular complexity index is 899. The van der Waals surface area contributed by atoms with Gasteiger partial charge in [0.15, 0.2) is 0 Å². The minimum Gasteiger partial charge on any atom is -0.481 e. The SMILES string of the molecule is CC.Cc1ccc(CC(=O)O)cc1S(=O)N1CCN(c2ccc(C#N)cc2)CC1. The van der Waals surface area contributed by atoms with Crippen LogP contribution in [0.5, 0.6) is 0 Å². The maximum Gasteiger partial charge on any atom is 0.307 e. The first kappa shape index (κ1) is 22.6. The first-order valence-corrected chi connectivity index (χ1v) is 10.8. The van der Waals surface area contributed by atoms with Crippen molar-refractivity contribution in [1.29, 1.82) is 5.26 Å². The van der Waals surface area contributed by atoms with E-state index >= 15 is 0 Å². The second-order valence-corrected chi connectivity index (χ2v) is 7.95. The van der Waals surface area contributed by atoms with Crippen molar-refractivity contribution in [3.05, 3.63) is 59.2 Å². The molecule has 0 bridgehead atoms. The Balaban J connectivity index is 0.00000145. The van der Waals surface area contributed by atoms with Crippen molar-refractivity contribution in [2.45, 2.75) is 32.1 Å². The van der Waals surface area contributed by atoms with Gasteiger partial charge in [0, 0.05) is 31.9 Å². The van der Waals surface area contributed by atoms with Crippen molar-refractivity contribution in [2.75, 3.05) is 31.1 Å². The summed E-state index contributed by atoms with van der Waals surface area (Å²) in [5, 5.41) is 17.9. The largest absolute Gasteiger partial charge is 0.481 e. The van der Waals surface area contributed by atoms with Crippen LogP contribution < -0.4 is 4.90 Å². The highest BCUT2D eigenvalue weighted by Crippen LogP contribution is 2.22. The lowest BCUT2D eigenvalue weighted by molar-refractivity contribution is -0.136. The first-order valence-electron chi connectivity index (χ1n) is 9.71. The molecule has 0 aromatic heterocycles. The molecule has 1 aliphatic heterocycles. The average molecular weight is 414 g/mol. The Morgan fingerprint density at radius 3 is 2.28 bits per heavy atom. The van der Waals surface area contributed by atoms with E-state index in [2.05, 4.69) is 11.0 Å². The van der Waals surface area contributed by atoms with E-state index in [9.17, 15) is 9.00 Å². The van der Waals surface area contributed by atoms with Gasteiger partial charge < -0.3 is 10.0 Å². The van der Waals surface area contributed by atoms with Crippen LogP contribution in [0.15, 0.2) is 47.4 Å². The number of nitriles is 1. The molecule has 7 heteroatoms. The van der Waals surface area contributed by atoms with Crippen LogP contribution in [0, 0.1) is 18.3 Å². The maximum atomic E-state index is 13.0. The van der Waals surface area contributed by atoms with Crippen LogP contribution >= 0.6 is 0 Å². The van der Waals surface area contributed by atoms with E-state index in [4.69, 9.17) is 10.4 Å². The summed E-state index contributed by atoms with van der Waals surface area (Å²) in [5.41, 5.74) is 3.25. The third-order valence-electron chi connectivity index (χ3n) is 4.63. The predicted octanol–water partition coefficient (Wildman–Crippen LogP) is 3.36. The Morgan fingerprint density at radius 2 is 1.72 bits per heavy atom. The summed E-state index contributed by atoms with van der Waals surface area (Å²) in [5.74, 6) is -0.897. The number of aliphatic carboxylic acids is 1. The number of anilines is 1. The van der Waals surface area contributed by atoms with Crippen LogP contribution in [0.3, 0.4) is 0 Å². The summed E-state index contributed by atoms with van der Waals surface area (Å²) in [4.78, 5) is 13.8. The molecule has 2 aromatic rings. The van der Waals surface area contributed by atoms with Crippen LogP contribution in [0.1, 0.15) is 30.5 Å². The lowest BCUT2D eigenvalue weighted by atomic mass is 10.1. The van der Waals surface area contributed by atoms with Gasteiger partial charge in [0.05, 0.1) is 22.9 Å². The second-order valence-electron chi connectivity index (χ2n) is 6.49. The molecule has 6 nitrogen and oxygen atoms in total. The Hall–Kier alpha value is -2.69. The van der Waals surface area contributed by atoms with Crippen LogP contribution in [0.25, 0.3) is 0 Å². The molecule has 0 saturated carbocycles. The van der Waals surface area contributed by atoms with Gasteiger partial charge in [0.1, 0.15) is 11.0 Å². The second kappa shape index (κ2) is 10.7. The molecule has 1 saturated heterocycles. The van der Waals surface area contributed by atoms with Gasteiger partial charge in [-0.2, -0.15) is 5.26 Å². The Labute approximate surface area is 175 Å². The smallest absolute Gasteiger partial charge is 0.307 e. The topological polar surface area (TPSA) is 84.6 Å². The Morgan fingerprint density at radius 1 is 1.10 bits per heavy atom. The van der Waals surface area contributed by atoms with Gasteiger partial charge in [-0.15, -0.1) is 0 Å². The molecule has 0 aliphatic carbocycles.